The van der Waals surface area contributed by atoms with Crippen LogP contribution >= 0.6 is 23.2 Å². The van der Waals surface area contributed by atoms with Crippen LogP contribution < -0.4 is 14.8 Å². The largest absolute Gasteiger partial charge is 0.495 e. The zero-order valence-electron chi connectivity index (χ0n) is 12.2. The first-order chi connectivity index (χ1) is 10.5. The van der Waals surface area contributed by atoms with Gasteiger partial charge in [-0.25, -0.2) is 0 Å². The van der Waals surface area contributed by atoms with E-state index in [1.54, 1.807) is 43.5 Å². The molecule has 2 rings (SSSR count). The molecule has 0 saturated carbocycles. The van der Waals surface area contributed by atoms with Crippen molar-refractivity contribution in [2.45, 2.75) is 0 Å². The fraction of sp³-hybridized carbons (Fsp3) is 0.188. The Kier molecular flexibility index (Phi) is 5.52. The van der Waals surface area contributed by atoms with E-state index in [0.717, 1.165) is 5.69 Å². The summed E-state index contributed by atoms with van der Waals surface area (Å²) in [7, 11) is 3.07. The third-order valence-electron chi connectivity index (χ3n) is 3.08. The summed E-state index contributed by atoms with van der Waals surface area (Å²) < 4.78 is 10.1. The lowest BCUT2D eigenvalue weighted by molar-refractivity contribution is 0.101. The lowest BCUT2D eigenvalue weighted by Crippen LogP contribution is -2.14. The number of methoxy groups -OCH3 is 2. The first-order valence-corrected chi connectivity index (χ1v) is 7.25. The molecule has 2 aromatic carbocycles. The van der Waals surface area contributed by atoms with Crippen molar-refractivity contribution in [2.75, 3.05) is 26.1 Å². The standard InChI is InChI=1S/C16H15Cl2NO3/c1-21-15-5-3-10(7-12(15)17)14(20)9-19-11-4-6-16(22-2)13(18)8-11/h3-8,19H,9H2,1-2H3. The van der Waals surface area contributed by atoms with Crippen LogP contribution in [0.15, 0.2) is 36.4 Å². The molecule has 0 heterocycles. The fourth-order valence-electron chi connectivity index (χ4n) is 1.90. The Bertz CT molecular complexity index is 689. The molecule has 4 nitrogen and oxygen atoms in total. The summed E-state index contributed by atoms with van der Waals surface area (Å²) in [5.41, 5.74) is 1.25. The highest BCUT2D eigenvalue weighted by molar-refractivity contribution is 6.32. The Hall–Kier alpha value is -1.91. The molecule has 2 aromatic rings. The van der Waals surface area contributed by atoms with E-state index in [2.05, 4.69) is 5.32 Å². The number of carbonyl (C=O) groups excluding carboxylic acids is 1. The molecule has 0 aliphatic rings. The van der Waals surface area contributed by atoms with Crippen LogP contribution in [0.25, 0.3) is 0 Å². The van der Waals surface area contributed by atoms with Crippen molar-refractivity contribution in [3.63, 3.8) is 0 Å². The highest BCUT2D eigenvalue weighted by atomic mass is 35.5. The summed E-state index contributed by atoms with van der Waals surface area (Å²) in [6.07, 6.45) is 0. The molecule has 0 saturated heterocycles. The lowest BCUT2D eigenvalue weighted by atomic mass is 10.1. The van der Waals surface area contributed by atoms with Gasteiger partial charge in [-0.15, -0.1) is 0 Å². The number of hydrogen-bond donors (Lipinski definition) is 1. The lowest BCUT2D eigenvalue weighted by Gasteiger charge is -2.09. The van der Waals surface area contributed by atoms with Crippen LogP contribution in [0, 0.1) is 0 Å². The van der Waals surface area contributed by atoms with Gasteiger partial charge in [0.25, 0.3) is 0 Å². The first-order valence-electron chi connectivity index (χ1n) is 6.49. The highest BCUT2D eigenvalue weighted by Crippen LogP contribution is 2.27. The summed E-state index contributed by atoms with van der Waals surface area (Å²) in [5, 5.41) is 3.90. The summed E-state index contributed by atoms with van der Waals surface area (Å²) in [6.45, 7) is 0.130. The van der Waals surface area contributed by atoms with Gasteiger partial charge in [-0.2, -0.15) is 0 Å². The maximum Gasteiger partial charge on any atom is 0.181 e. The molecule has 0 bridgehead atoms. The van der Waals surface area contributed by atoms with Gasteiger partial charge in [-0.3, -0.25) is 4.79 Å². The second-order valence-electron chi connectivity index (χ2n) is 4.48. The van der Waals surface area contributed by atoms with Crippen molar-refractivity contribution in [1.82, 2.24) is 0 Å². The Balaban J connectivity index is 2.03. The molecule has 0 aliphatic heterocycles. The molecule has 0 unspecified atom stereocenters. The van der Waals surface area contributed by atoms with E-state index in [1.165, 1.54) is 7.11 Å². The van der Waals surface area contributed by atoms with Crippen LogP contribution in [-0.4, -0.2) is 26.5 Å². The number of Topliss-reactive ketones (excluding diaryl/α,β-unsaturated/α-hetero) is 1. The van der Waals surface area contributed by atoms with Crippen molar-refractivity contribution in [1.29, 1.82) is 0 Å². The molecule has 116 valence electrons. The molecule has 0 aliphatic carbocycles. The summed E-state index contributed by atoms with van der Waals surface area (Å²) in [6, 6.07) is 10.2. The van der Waals surface area contributed by atoms with Gasteiger partial charge in [0.2, 0.25) is 0 Å². The number of benzene rings is 2. The SMILES string of the molecule is COc1ccc(NCC(=O)c2ccc(OC)c(Cl)c2)cc1Cl. The molecule has 0 amide bonds. The van der Waals surface area contributed by atoms with Crippen LogP contribution in [0.5, 0.6) is 11.5 Å². The zero-order valence-corrected chi connectivity index (χ0v) is 13.7. The summed E-state index contributed by atoms with van der Waals surface area (Å²) in [4.78, 5) is 12.2. The second-order valence-corrected chi connectivity index (χ2v) is 5.29. The number of ketones is 1. The Morgan fingerprint density at radius 2 is 1.59 bits per heavy atom. The number of anilines is 1. The minimum Gasteiger partial charge on any atom is -0.495 e. The average Bonchev–Trinajstić information content (AvgIpc) is 2.52. The maximum atomic E-state index is 12.2. The number of carbonyl (C=O) groups is 1. The van der Waals surface area contributed by atoms with E-state index < -0.39 is 0 Å². The topological polar surface area (TPSA) is 47.6 Å². The van der Waals surface area contributed by atoms with Crippen molar-refractivity contribution >= 4 is 34.7 Å². The second kappa shape index (κ2) is 7.38. The van der Waals surface area contributed by atoms with Gasteiger partial charge in [0.1, 0.15) is 11.5 Å². The van der Waals surface area contributed by atoms with Gasteiger partial charge < -0.3 is 14.8 Å². The van der Waals surface area contributed by atoms with Crippen LogP contribution in [0.1, 0.15) is 10.4 Å². The molecule has 22 heavy (non-hydrogen) atoms. The van der Waals surface area contributed by atoms with Gasteiger partial charge in [0.15, 0.2) is 5.78 Å². The summed E-state index contributed by atoms with van der Waals surface area (Å²) >= 11 is 12.1. The number of nitrogens with one attached hydrogen (secondary N) is 1. The maximum absolute atomic E-state index is 12.2. The van der Waals surface area contributed by atoms with E-state index in [-0.39, 0.29) is 12.3 Å². The third-order valence-corrected chi connectivity index (χ3v) is 3.67. The predicted molar refractivity (Wildman–Crippen MR) is 88.8 cm³/mol. The first kappa shape index (κ1) is 16.5. The molecule has 6 heteroatoms. The Morgan fingerprint density at radius 3 is 2.14 bits per heavy atom. The number of hydrogen-bond acceptors (Lipinski definition) is 4. The van der Waals surface area contributed by atoms with E-state index in [0.29, 0.717) is 27.1 Å². The third kappa shape index (κ3) is 3.84. The van der Waals surface area contributed by atoms with Crippen LogP contribution in [0.3, 0.4) is 0 Å². The normalized spacial score (nSPS) is 10.2. The number of rotatable bonds is 6. The summed E-state index contributed by atoms with van der Waals surface area (Å²) in [5.74, 6) is 1.03. The van der Waals surface area contributed by atoms with E-state index >= 15 is 0 Å². The van der Waals surface area contributed by atoms with Crippen LogP contribution in [-0.2, 0) is 0 Å². The monoisotopic (exact) mass is 339 g/mol. The molecular formula is C16H15Cl2NO3. The molecule has 0 fully saturated rings. The van der Waals surface area contributed by atoms with Gasteiger partial charge >= 0.3 is 0 Å². The molecular weight excluding hydrogens is 325 g/mol. The minimum atomic E-state index is -0.0866. The Labute approximate surface area is 138 Å². The quantitative estimate of drug-likeness (QED) is 0.797. The number of halogens is 2. The van der Waals surface area contributed by atoms with Gasteiger partial charge in [-0.1, -0.05) is 23.2 Å². The van der Waals surface area contributed by atoms with Crippen molar-refractivity contribution < 1.29 is 14.3 Å². The van der Waals surface area contributed by atoms with Crippen LogP contribution in [0.4, 0.5) is 5.69 Å². The predicted octanol–water partition coefficient (Wildman–Crippen LogP) is 4.31. The van der Waals surface area contributed by atoms with Gasteiger partial charge in [0.05, 0.1) is 30.8 Å². The smallest absolute Gasteiger partial charge is 0.181 e. The van der Waals surface area contributed by atoms with E-state index in [9.17, 15) is 4.79 Å². The van der Waals surface area contributed by atoms with Crippen molar-refractivity contribution in [3.05, 3.63) is 52.0 Å². The zero-order chi connectivity index (χ0) is 16.1. The average molecular weight is 340 g/mol. The van der Waals surface area contributed by atoms with Crippen molar-refractivity contribution in [2.24, 2.45) is 0 Å². The number of ether oxygens (including phenoxy) is 2. The Morgan fingerprint density at radius 1 is 1.00 bits per heavy atom. The molecule has 0 aromatic heterocycles. The molecule has 0 radical (unpaired) electrons. The van der Waals surface area contributed by atoms with Gasteiger partial charge in [0, 0.05) is 11.3 Å². The van der Waals surface area contributed by atoms with Crippen LogP contribution in [0.2, 0.25) is 10.0 Å². The fourth-order valence-corrected chi connectivity index (χ4v) is 2.42. The highest BCUT2D eigenvalue weighted by Gasteiger charge is 2.10. The molecule has 0 spiro atoms. The van der Waals surface area contributed by atoms with E-state index in [1.807, 2.05) is 0 Å². The van der Waals surface area contributed by atoms with Gasteiger partial charge in [-0.05, 0) is 36.4 Å². The van der Waals surface area contributed by atoms with Crippen molar-refractivity contribution in [3.8, 4) is 11.5 Å². The molecule has 1 N–H and O–H groups in total. The molecule has 0 atom stereocenters. The van der Waals surface area contributed by atoms with E-state index in [4.69, 9.17) is 32.7 Å². The minimum absolute atomic E-state index is 0.0866.